The fraction of sp³-hybridized carbons (Fsp3) is 0.167. The lowest BCUT2D eigenvalue weighted by atomic mass is 10.2. The maximum Gasteiger partial charge on any atom is 0.239 e. The van der Waals surface area contributed by atoms with Crippen LogP contribution in [-0.4, -0.2) is 21.4 Å². The van der Waals surface area contributed by atoms with E-state index in [4.69, 9.17) is 0 Å². The van der Waals surface area contributed by atoms with Crippen molar-refractivity contribution < 1.29 is 9.18 Å². The van der Waals surface area contributed by atoms with Gasteiger partial charge in [-0.1, -0.05) is 36.5 Å². The normalized spacial score (nSPS) is 11.9. The molecule has 0 aliphatic heterocycles. The summed E-state index contributed by atoms with van der Waals surface area (Å²) in [5.74, 6) is -0.399. The van der Waals surface area contributed by atoms with Crippen LogP contribution in [0.25, 0.3) is 10.6 Å². The number of rotatable bonds is 6. The fourth-order valence-electron chi connectivity index (χ4n) is 2.15. The number of halogens is 1. The molecule has 1 unspecified atom stereocenters. The minimum Gasteiger partial charge on any atom is -0.300 e. The lowest BCUT2D eigenvalue weighted by Crippen LogP contribution is -2.24. The van der Waals surface area contributed by atoms with E-state index in [2.05, 4.69) is 15.5 Å². The molecule has 1 amide bonds. The quantitative estimate of drug-likeness (QED) is 0.627. The van der Waals surface area contributed by atoms with E-state index < -0.39 is 0 Å². The van der Waals surface area contributed by atoms with E-state index in [1.54, 1.807) is 12.1 Å². The number of hydrogen-bond acceptors (Lipinski definition) is 5. The van der Waals surface area contributed by atoms with Gasteiger partial charge in [0, 0.05) is 10.5 Å². The number of amides is 1. The number of thioether (sulfide) groups is 1. The van der Waals surface area contributed by atoms with Gasteiger partial charge < -0.3 is 0 Å². The van der Waals surface area contributed by atoms with Gasteiger partial charge in [-0.2, -0.15) is 0 Å². The Morgan fingerprint density at radius 3 is 2.56 bits per heavy atom. The summed E-state index contributed by atoms with van der Waals surface area (Å²) in [5.41, 5.74) is 0.769. The highest BCUT2D eigenvalue weighted by Crippen LogP contribution is 2.29. The molecule has 3 aromatic rings. The highest BCUT2D eigenvalue weighted by molar-refractivity contribution is 8.00. The second-order valence-electron chi connectivity index (χ2n) is 5.24. The number of hydrogen-bond donors (Lipinski definition) is 1. The number of benzene rings is 2. The van der Waals surface area contributed by atoms with Crippen molar-refractivity contribution in [1.82, 2.24) is 10.2 Å². The first-order valence-corrected chi connectivity index (χ1v) is 9.47. The minimum absolute atomic E-state index is 0.0989. The van der Waals surface area contributed by atoms with Crippen LogP contribution in [0.5, 0.6) is 0 Å². The van der Waals surface area contributed by atoms with Crippen LogP contribution < -0.4 is 5.32 Å². The highest BCUT2D eigenvalue weighted by Gasteiger charge is 2.19. The molecular weight excluding hydrogens is 357 g/mol. The van der Waals surface area contributed by atoms with Crippen LogP contribution >= 0.6 is 23.1 Å². The van der Waals surface area contributed by atoms with E-state index in [1.807, 2.05) is 37.3 Å². The van der Waals surface area contributed by atoms with Gasteiger partial charge in [-0.15, -0.1) is 22.0 Å². The van der Waals surface area contributed by atoms with Crippen molar-refractivity contribution in [3.63, 3.8) is 0 Å². The lowest BCUT2D eigenvalue weighted by Gasteiger charge is -2.13. The minimum atomic E-state index is -0.300. The Balaban J connectivity index is 1.67. The number of aromatic nitrogens is 2. The Labute approximate surface area is 153 Å². The maximum atomic E-state index is 13.0. The maximum absolute atomic E-state index is 13.0. The predicted octanol–water partition coefficient (Wildman–Crippen LogP) is 4.85. The number of nitrogens with one attached hydrogen (secondary N) is 1. The second-order valence-corrected chi connectivity index (χ2v) is 7.49. The van der Waals surface area contributed by atoms with E-state index in [-0.39, 0.29) is 17.0 Å². The standard InChI is InChI=1S/C18H16FN3OS2/c1-2-15(24-14-6-4-3-5-7-14)16(23)20-18-22-21-17(25-18)12-8-10-13(19)11-9-12/h3-11,15H,2H2,1H3,(H,20,22,23). The third-order valence-corrected chi connectivity index (χ3v) is 5.70. The van der Waals surface area contributed by atoms with E-state index in [0.29, 0.717) is 16.6 Å². The van der Waals surface area contributed by atoms with Crippen molar-refractivity contribution in [2.75, 3.05) is 5.32 Å². The molecule has 4 nitrogen and oxygen atoms in total. The molecule has 1 N–H and O–H groups in total. The van der Waals surface area contributed by atoms with Gasteiger partial charge >= 0.3 is 0 Å². The molecule has 0 saturated heterocycles. The topological polar surface area (TPSA) is 54.9 Å². The van der Waals surface area contributed by atoms with E-state index in [1.165, 1.54) is 35.2 Å². The van der Waals surface area contributed by atoms with Crippen LogP contribution in [0.4, 0.5) is 9.52 Å². The summed E-state index contributed by atoms with van der Waals surface area (Å²) in [6.07, 6.45) is 0.703. The predicted molar refractivity (Wildman–Crippen MR) is 100 cm³/mol. The van der Waals surface area contributed by atoms with Crippen molar-refractivity contribution in [3.8, 4) is 10.6 Å². The van der Waals surface area contributed by atoms with Gasteiger partial charge in [0.25, 0.3) is 0 Å². The summed E-state index contributed by atoms with van der Waals surface area (Å²) in [5, 5.41) is 11.8. The Kier molecular flexibility index (Phi) is 5.78. The van der Waals surface area contributed by atoms with Crippen molar-refractivity contribution in [2.45, 2.75) is 23.5 Å². The molecule has 2 aromatic carbocycles. The van der Waals surface area contributed by atoms with Crippen LogP contribution in [0.2, 0.25) is 0 Å². The molecule has 7 heteroatoms. The number of nitrogens with zero attached hydrogens (tertiary/aromatic N) is 2. The first-order chi connectivity index (χ1) is 12.2. The smallest absolute Gasteiger partial charge is 0.239 e. The summed E-state index contributed by atoms with van der Waals surface area (Å²) in [6.45, 7) is 1.98. The van der Waals surface area contributed by atoms with Crippen LogP contribution in [0.3, 0.4) is 0 Å². The molecule has 0 spiro atoms. The Bertz CT molecular complexity index is 837. The average molecular weight is 373 g/mol. The van der Waals surface area contributed by atoms with Crippen LogP contribution in [-0.2, 0) is 4.79 Å². The zero-order valence-corrected chi connectivity index (χ0v) is 15.1. The van der Waals surface area contributed by atoms with Crippen molar-refractivity contribution in [1.29, 1.82) is 0 Å². The Hall–Kier alpha value is -2.25. The van der Waals surface area contributed by atoms with E-state index in [9.17, 15) is 9.18 Å². The molecule has 0 fully saturated rings. The monoisotopic (exact) mass is 373 g/mol. The molecule has 0 aliphatic carbocycles. The second kappa shape index (κ2) is 8.22. The molecule has 0 radical (unpaired) electrons. The molecule has 0 saturated carbocycles. The van der Waals surface area contributed by atoms with E-state index in [0.717, 1.165) is 10.5 Å². The number of carbonyl (C=O) groups is 1. The number of anilines is 1. The van der Waals surface area contributed by atoms with Gasteiger partial charge in [-0.25, -0.2) is 4.39 Å². The first-order valence-electron chi connectivity index (χ1n) is 7.77. The molecule has 0 bridgehead atoms. The zero-order chi connectivity index (χ0) is 17.6. The number of carbonyl (C=O) groups excluding carboxylic acids is 1. The summed E-state index contributed by atoms with van der Waals surface area (Å²) in [4.78, 5) is 13.5. The fourth-order valence-corrected chi connectivity index (χ4v) is 3.88. The zero-order valence-electron chi connectivity index (χ0n) is 13.5. The molecule has 1 atom stereocenters. The molecule has 3 rings (SSSR count). The van der Waals surface area contributed by atoms with Gasteiger partial charge in [0.1, 0.15) is 10.8 Å². The lowest BCUT2D eigenvalue weighted by molar-refractivity contribution is -0.115. The molecule has 128 valence electrons. The van der Waals surface area contributed by atoms with Gasteiger partial charge in [0.05, 0.1) is 5.25 Å². The van der Waals surface area contributed by atoms with Gasteiger partial charge in [-0.3, -0.25) is 10.1 Å². The third kappa shape index (κ3) is 4.64. The molecule has 1 heterocycles. The average Bonchev–Trinajstić information content (AvgIpc) is 3.09. The largest absolute Gasteiger partial charge is 0.300 e. The van der Waals surface area contributed by atoms with E-state index >= 15 is 0 Å². The van der Waals surface area contributed by atoms with Crippen molar-refractivity contribution in [2.24, 2.45) is 0 Å². The van der Waals surface area contributed by atoms with Gasteiger partial charge in [-0.05, 0) is 42.8 Å². The van der Waals surface area contributed by atoms with Crippen LogP contribution in [0.15, 0.2) is 59.5 Å². The SMILES string of the molecule is CCC(Sc1ccccc1)C(=O)Nc1nnc(-c2ccc(F)cc2)s1. The summed E-state index contributed by atoms with van der Waals surface area (Å²) in [6, 6.07) is 15.8. The third-order valence-electron chi connectivity index (χ3n) is 3.43. The Morgan fingerprint density at radius 1 is 1.16 bits per heavy atom. The van der Waals surface area contributed by atoms with Crippen molar-refractivity contribution >= 4 is 34.1 Å². The molecule has 1 aromatic heterocycles. The highest BCUT2D eigenvalue weighted by atomic mass is 32.2. The molecular formula is C18H16FN3OS2. The molecule has 0 aliphatic rings. The summed E-state index contributed by atoms with van der Waals surface area (Å²) in [7, 11) is 0. The van der Waals surface area contributed by atoms with Crippen LogP contribution in [0, 0.1) is 5.82 Å². The van der Waals surface area contributed by atoms with Crippen LogP contribution in [0.1, 0.15) is 13.3 Å². The first kappa shape index (κ1) is 17.6. The van der Waals surface area contributed by atoms with Crippen molar-refractivity contribution in [3.05, 3.63) is 60.4 Å². The summed E-state index contributed by atoms with van der Waals surface area (Å²) >= 11 is 2.79. The van der Waals surface area contributed by atoms with Gasteiger partial charge in [0.2, 0.25) is 11.0 Å². The van der Waals surface area contributed by atoms with Gasteiger partial charge in [0.15, 0.2) is 0 Å². The summed E-state index contributed by atoms with van der Waals surface area (Å²) < 4.78 is 13.0. The Morgan fingerprint density at radius 2 is 1.88 bits per heavy atom. The molecule has 25 heavy (non-hydrogen) atoms.